The molecular weight excluding hydrogens is 331 g/mol. The Kier molecular flexibility index (Phi) is 3.51. The fourth-order valence-electron chi connectivity index (χ4n) is 3.64. The third kappa shape index (κ3) is 2.48. The van der Waals surface area contributed by atoms with Crippen LogP contribution >= 0.6 is 23.2 Å². The van der Waals surface area contributed by atoms with Gasteiger partial charge in [0.1, 0.15) is 11.9 Å². The average Bonchev–Trinajstić information content (AvgIpc) is 2.47. The number of halogens is 2. The molecule has 118 valence electrons. The average molecular weight is 347 g/mol. The molecule has 5 heteroatoms. The highest BCUT2D eigenvalue weighted by atomic mass is 35.5. The maximum atomic E-state index is 11.8. The van der Waals surface area contributed by atoms with E-state index in [-0.39, 0.29) is 11.9 Å². The van der Waals surface area contributed by atoms with Crippen molar-refractivity contribution in [2.45, 2.75) is 32.6 Å². The van der Waals surface area contributed by atoms with Gasteiger partial charge in [0, 0.05) is 40.9 Å². The Morgan fingerprint density at radius 1 is 1.00 bits per heavy atom. The molecule has 23 heavy (non-hydrogen) atoms. The second kappa shape index (κ2) is 5.43. The molecule has 3 nitrogen and oxygen atoms in total. The number of anilines is 2. The van der Waals surface area contributed by atoms with Gasteiger partial charge in [-0.1, -0.05) is 23.2 Å². The van der Waals surface area contributed by atoms with Crippen molar-refractivity contribution >= 4 is 40.4 Å². The zero-order chi connectivity index (χ0) is 16.1. The zero-order valence-electron chi connectivity index (χ0n) is 12.7. The summed E-state index contributed by atoms with van der Waals surface area (Å²) in [6.45, 7) is 3.15. The Bertz CT molecular complexity index is 746. The van der Waals surface area contributed by atoms with E-state index >= 15 is 0 Å². The van der Waals surface area contributed by atoms with Crippen molar-refractivity contribution in [2.24, 2.45) is 0 Å². The first-order chi connectivity index (χ1) is 11.0. The summed E-state index contributed by atoms with van der Waals surface area (Å²) in [5, 5.41) is 1.48. The quantitative estimate of drug-likeness (QED) is 0.791. The van der Waals surface area contributed by atoms with Crippen LogP contribution in [0, 0.1) is 0 Å². The number of rotatable bonds is 2. The van der Waals surface area contributed by atoms with Crippen molar-refractivity contribution in [1.29, 1.82) is 0 Å². The molecule has 0 atom stereocenters. The molecule has 0 fully saturated rings. The Hall–Kier alpha value is -1.71. The minimum absolute atomic E-state index is 0.0508. The van der Waals surface area contributed by atoms with Gasteiger partial charge in [-0.3, -0.25) is 4.79 Å². The molecule has 2 aromatic rings. The summed E-state index contributed by atoms with van der Waals surface area (Å²) in [7, 11) is 0. The van der Waals surface area contributed by atoms with Crippen molar-refractivity contribution in [3.05, 3.63) is 57.6 Å². The fraction of sp³-hybridized carbons (Fsp3) is 0.278. The Morgan fingerprint density at radius 2 is 1.48 bits per heavy atom. The molecule has 0 aromatic heterocycles. The molecular formula is C18H16Cl2N2O. The monoisotopic (exact) mass is 346 g/mol. The van der Waals surface area contributed by atoms with Crippen molar-refractivity contribution in [2.75, 3.05) is 9.80 Å². The minimum atomic E-state index is 0.0508. The van der Waals surface area contributed by atoms with Gasteiger partial charge < -0.3 is 9.80 Å². The molecule has 0 unspecified atom stereocenters. The van der Waals surface area contributed by atoms with Gasteiger partial charge in [-0.25, -0.2) is 0 Å². The summed E-state index contributed by atoms with van der Waals surface area (Å²) in [6.07, 6.45) is 0.555. The Labute approximate surface area is 145 Å². The first-order valence-corrected chi connectivity index (χ1v) is 8.38. The van der Waals surface area contributed by atoms with Crippen LogP contribution in [0.1, 0.15) is 24.5 Å². The lowest BCUT2D eigenvalue weighted by molar-refractivity contribution is -0.117. The highest BCUT2D eigenvalue weighted by Crippen LogP contribution is 2.43. The summed E-state index contributed by atoms with van der Waals surface area (Å²) >= 11 is 12.3. The van der Waals surface area contributed by atoms with Crippen LogP contribution in [0.5, 0.6) is 0 Å². The molecule has 0 aliphatic carbocycles. The Balaban J connectivity index is 1.86. The second-order valence-corrected chi connectivity index (χ2v) is 7.06. The molecule has 2 bridgehead atoms. The van der Waals surface area contributed by atoms with Crippen LogP contribution in [0.4, 0.5) is 11.4 Å². The van der Waals surface area contributed by atoms with Gasteiger partial charge in [0.15, 0.2) is 0 Å². The van der Waals surface area contributed by atoms with Crippen molar-refractivity contribution in [3.63, 3.8) is 0 Å². The van der Waals surface area contributed by atoms with E-state index in [0.717, 1.165) is 34.5 Å². The van der Waals surface area contributed by atoms with E-state index in [1.54, 1.807) is 6.92 Å². The summed E-state index contributed by atoms with van der Waals surface area (Å²) in [5.74, 6) is 0.194. The van der Waals surface area contributed by atoms with E-state index in [4.69, 9.17) is 23.2 Å². The lowest BCUT2D eigenvalue weighted by Gasteiger charge is -2.51. The number of fused-ring (bicyclic) bond motifs is 6. The maximum absolute atomic E-state index is 11.8. The third-order valence-electron chi connectivity index (χ3n) is 4.57. The van der Waals surface area contributed by atoms with Gasteiger partial charge in [0.25, 0.3) is 0 Å². The zero-order valence-corrected chi connectivity index (χ0v) is 14.2. The lowest BCUT2D eigenvalue weighted by atomic mass is 9.96. The van der Waals surface area contributed by atoms with E-state index in [2.05, 4.69) is 21.9 Å². The normalized spacial score (nSPS) is 16.1. The number of carbonyl (C=O) groups excluding carboxylic acids is 1. The van der Waals surface area contributed by atoms with Crippen molar-refractivity contribution in [1.82, 2.24) is 0 Å². The van der Waals surface area contributed by atoms with Crippen molar-refractivity contribution in [3.8, 4) is 0 Å². The van der Waals surface area contributed by atoms with Crippen LogP contribution in [-0.4, -0.2) is 11.9 Å². The van der Waals surface area contributed by atoms with Gasteiger partial charge in [-0.2, -0.15) is 0 Å². The van der Waals surface area contributed by atoms with Gasteiger partial charge in [0.05, 0.1) is 0 Å². The maximum Gasteiger partial charge on any atom is 0.133 e. The standard InChI is InChI=1S/C18H16Cl2N2O/c1-11(23)6-18-21-10-13-8-15(20)3-5-17(13)22(18)9-12-7-14(19)2-4-16(12)21/h2-5,7-8,18H,6,9-10H2,1H3. The predicted molar refractivity (Wildman–Crippen MR) is 94.4 cm³/mol. The number of benzene rings is 2. The molecule has 4 rings (SSSR count). The molecule has 0 saturated heterocycles. The predicted octanol–water partition coefficient (Wildman–Crippen LogP) is 4.64. The van der Waals surface area contributed by atoms with E-state index < -0.39 is 0 Å². The molecule has 0 N–H and O–H groups in total. The number of hydrogen-bond donors (Lipinski definition) is 0. The van der Waals surface area contributed by atoms with E-state index in [0.29, 0.717) is 6.42 Å². The van der Waals surface area contributed by atoms with Crippen LogP contribution < -0.4 is 9.80 Å². The number of hydrogen-bond acceptors (Lipinski definition) is 3. The summed E-state index contributed by atoms with van der Waals surface area (Å²) in [6, 6.07) is 12.0. The fourth-order valence-corrected chi connectivity index (χ4v) is 4.03. The minimum Gasteiger partial charge on any atom is -0.346 e. The van der Waals surface area contributed by atoms with Crippen LogP contribution in [0.25, 0.3) is 0 Å². The number of ketones is 1. The summed E-state index contributed by atoms with van der Waals surface area (Å²) in [4.78, 5) is 16.4. The Morgan fingerprint density at radius 3 is 1.91 bits per heavy atom. The molecule has 0 saturated carbocycles. The highest BCUT2D eigenvalue weighted by Gasteiger charge is 2.38. The molecule has 0 radical (unpaired) electrons. The van der Waals surface area contributed by atoms with Gasteiger partial charge >= 0.3 is 0 Å². The van der Waals surface area contributed by atoms with E-state index in [1.807, 2.05) is 24.3 Å². The first-order valence-electron chi connectivity index (χ1n) is 7.62. The SMILES string of the molecule is CC(=O)CC1N2Cc3cc(Cl)ccc3N1Cc1cc(Cl)ccc12. The number of nitrogens with zero attached hydrogens (tertiary/aromatic N) is 2. The summed E-state index contributed by atoms with van der Waals surface area (Å²) in [5.41, 5.74) is 4.70. The largest absolute Gasteiger partial charge is 0.346 e. The molecule has 0 spiro atoms. The molecule has 2 heterocycles. The molecule has 2 aliphatic heterocycles. The highest BCUT2D eigenvalue weighted by molar-refractivity contribution is 6.31. The number of carbonyl (C=O) groups is 1. The molecule has 0 amide bonds. The number of Topliss-reactive ketones (excluding diaryl/α,β-unsaturated/α-hetero) is 1. The smallest absolute Gasteiger partial charge is 0.133 e. The third-order valence-corrected chi connectivity index (χ3v) is 5.04. The van der Waals surface area contributed by atoms with Crippen LogP contribution in [0.3, 0.4) is 0 Å². The second-order valence-electron chi connectivity index (χ2n) is 6.19. The van der Waals surface area contributed by atoms with Crippen LogP contribution in [0.15, 0.2) is 36.4 Å². The molecule has 2 aromatic carbocycles. The van der Waals surface area contributed by atoms with E-state index in [9.17, 15) is 4.79 Å². The first kappa shape index (κ1) is 14.9. The van der Waals surface area contributed by atoms with E-state index in [1.165, 1.54) is 11.1 Å². The summed E-state index contributed by atoms with van der Waals surface area (Å²) < 4.78 is 0. The lowest BCUT2D eigenvalue weighted by Crippen LogP contribution is -2.55. The van der Waals surface area contributed by atoms with Gasteiger partial charge in [-0.05, 0) is 54.4 Å². The molecule has 2 aliphatic rings. The van der Waals surface area contributed by atoms with Crippen molar-refractivity contribution < 1.29 is 4.79 Å². The van der Waals surface area contributed by atoms with Crippen LogP contribution in [-0.2, 0) is 17.9 Å². The van der Waals surface area contributed by atoms with Crippen LogP contribution in [0.2, 0.25) is 10.0 Å². The van der Waals surface area contributed by atoms with Gasteiger partial charge in [0.2, 0.25) is 0 Å². The van der Waals surface area contributed by atoms with Gasteiger partial charge in [-0.15, -0.1) is 0 Å². The topological polar surface area (TPSA) is 23.6 Å².